The molecule has 11 N–H and O–H groups in total. The summed E-state index contributed by atoms with van der Waals surface area (Å²) in [5.74, 6) is -3.97. The number of nitrogens with two attached hydrogens (primary N) is 3. The normalized spacial score (nSPS) is 14.3. The lowest BCUT2D eigenvalue weighted by Crippen LogP contribution is -2.57. The number of hydrogen-bond acceptors (Lipinski definition) is 8. The predicted octanol–water partition coefficient (Wildman–Crippen LogP) is -1.74. The van der Waals surface area contributed by atoms with E-state index >= 15 is 0 Å². The molecule has 0 saturated carbocycles. The Morgan fingerprint density at radius 2 is 1.59 bits per heavy atom. The number of nitrogens with one attached hydrogen (secondary N) is 4. The van der Waals surface area contributed by atoms with E-state index in [1.807, 2.05) is 13.8 Å². The molecule has 0 aliphatic heterocycles. The molecule has 4 atom stereocenters. The van der Waals surface area contributed by atoms with E-state index in [0.29, 0.717) is 31.5 Å². The number of carbonyl (C=O) groups is 5. The summed E-state index contributed by atoms with van der Waals surface area (Å²) >= 11 is 0. The van der Waals surface area contributed by atoms with E-state index in [1.165, 1.54) is 12.5 Å². The Morgan fingerprint density at radius 3 is 2.14 bits per heavy atom. The van der Waals surface area contributed by atoms with Crippen molar-refractivity contribution in [2.45, 2.75) is 83.0 Å². The highest BCUT2D eigenvalue weighted by molar-refractivity contribution is 5.94. The first kappa shape index (κ1) is 31.5. The lowest BCUT2D eigenvalue weighted by atomic mass is 10.0. The van der Waals surface area contributed by atoms with E-state index in [9.17, 15) is 29.1 Å². The van der Waals surface area contributed by atoms with Crippen molar-refractivity contribution in [1.29, 1.82) is 0 Å². The van der Waals surface area contributed by atoms with Crippen LogP contribution in [0.25, 0.3) is 0 Å². The maximum Gasteiger partial charge on any atom is 0.326 e. The molecule has 4 amide bonds. The topological polar surface area (TPSA) is 248 Å². The maximum atomic E-state index is 13.2. The van der Waals surface area contributed by atoms with Gasteiger partial charge in [0.15, 0.2) is 0 Å². The highest BCUT2D eigenvalue weighted by Crippen LogP contribution is 2.08. The number of hydrogen-bond donors (Lipinski definition) is 8. The summed E-state index contributed by atoms with van der Waals surface area (Å²) in [5, 5.41) is 17.0. The van der Waals surface area contributed by atoms with Crippen LogP contribution in [0, 0.1) is 5.92 Å². The Kier molecular flexibility index (Phi) is 13.9. The van der Waals surface area contributed by atoms with E-state index in [4.69, 9.17) is 17.2 Å². The van der Waals surface area contributed by atoms with Crippen LogP contribution in [0.1, 0.15) is 58.1 Å². The zero-order valence-electron chi connectivity index (χ0n) is 21.4. The van der Waals surface area contributed by atoms with E-state index in [0.717, 1.165) is 0 Å². The molecule has 0 aliphatic carbocycles. The molecule has 1 aromatic rings. The first-order valence-corrected chi connectivity index (χ1v) is 12.3. The first-order valence-electron chi connectivity index (χ1n) is 12.3. The molecule has 1 heterocycles. The molecular formula is C23H40N8O6. The Bertz CT molecular complexity index is 892. The van der Waals surface area contributed by atoms with Gasteiger partial charge in [-0.15, -0.1) is 0 Å². The highest BCUT2D eigenvalue weighted by atomic mass is 16.4. The minimum atomic E-state index is -1.21. The zero-order chi connectivity index (χ0) is 28.0. The number of rotatable bonds is 18. The average Bonchev–Trinajstić information content (AvgIpc) is 3.33. The molecule has 0 spiro atoms. The number of imidazole rings is 1. The monoisotopic (exact) mass is 524 g/mol. The Hall–Kier alpha value is -3.52. The number of carboxylic acid groups (broad SMARTS) is 1. The lowest BCUT2D eigenvalue weighted by molar-refractivity contribution is -0.142. The number of aromatic amines is 1. The summed E-state index contributed by atoms with van der Waals surface area (Å²) in [4.78, 5) is 68.5. The van der Waals surface area contributed by atoms with Gasteiger partial charge in [0.25, 0.3) is 0 Å². The fourth-order valence-corrected chi connectivity index (χ4v) is 3.54. The van der Waals surface area contributed by atoms with E-state index in [1.54, 1.807) is 0 Å². The summed E-state index contributed by atoms with van der Waals surface area (Å²) in [5.41, 5.74) is 17.1. The number of carbonyl (C=O) groups excluding carboxylic acids is 4. The number of H-pyrrole nitrogens is 1. The molecule has 4 unspecified atom stereocenters. The fraction of sp³-hybridized carbons (Fsp3) is 0.652. The number of aromatic nitrogens is 2. The quantitative estimate of drug-likeness (QED) is 0.101. The standard InChI is InChI=1S/C23H40N8O6/c1-13(2)9-18(23(36)37)31-22(35)17(10-14-11-27-12-28-14)30-21(34)16(6-7-19(26)32)29-20(33)15(25)5-3-4-8-24/h11-13,15-18H,3-10,24-25H2,1-2H3,(H2,26,32)(H,27,28)(H,29,33)(H,30,34)(H,31,35)(H,36,37). The predicted molar refractivity (Wildman–Crippen MR) is 134 cm³/mol. The minimum absolute atomic E-state index is 0.00972. The average molecular weight is 525 g/mol. The summed E-state index contributed by atoms with van der Waals surface area (Å²) in [7, 11) is 0. The van der Waals surface area contributed by atoms with Crippen LogP contribution < -0.4 is 33.2 Å². The third kappa shape index (κ3) is 12.3. The fourth-order valence-electron chi connectivity index (χ4n) is 3.54. The van der Waals surface area contributed by atoms with Gasteiger partial charge < -0.3 is 43.2 Å². The van der Waals surface area contributed by atoms with Crippen LogP contribution in [-0.4, -0.2) is 75.4 Å². The number of unbranched alkanes of at least 4 members (excludes halogenated alkanes) is 1. The summed E-state index contributed by atoms with van der Waals surface area (Å²) in [6.45, 7) is 4.09. The number of nitrogens with zero attached hydrogens (tertiary/aromatic N) is 1. The van der Waals surface area contributed by atoms with Crippen LogP contribution in [0.2, 0.25) is 0 Å². The van der Waals surface area contributed by atoms with Gasteiger partial charge in [-0.3, -0.25) is 19.2 Å². The van der Waals surface area contributed by atoms with Crippen molar-refractivity contribution in [1.82, 2.24) is 25.9 Å². The molecule has 1 rings (SSSR count). The van der Waals surface area contributed by atoms with Crippen molar-refractivity contribution in [3.8, 4) is 0 Å². The number of aliphatic carboxylic acids is 1. The van der Waals surface area contributed by atoms with Gasteiger partial charge >= 0.3 is 5.97 Å². The van der Waals surface area contributed by atoms with Crippen molar-refractivity contribution in [3.63, 3.8) is 0 Å². The van der Waals surface area contributed by atoms with Crippen LogP contribution in [0.4, 0.5) is 0 Å². The maximum absolute atomic E-state index is 13.2. The van der Waals surface area contributed by atoms with Crippen LogP contribution in [0.5, 0.6) is 0 Å². The van der Waals surface area contributed by atoms with Gasteiger partial charge in [0, 0.05) is 24.7 Å². The Labute approximate surface area is 215 Å². The third-order valence-electron chi connectivity index (χ3n) is 5.55. The second kappa shape index (κ2) is 16.3. The third-order valence-corrected chi connectivity index (χ3v) is 5.55. The molecule has 0 bridgehead atoms. The van der Waals surface area contributed by atoms with Crippen LogP contribution >= 0.6 is 0 Å². The smallest absolute Gasteiger partial charge is 0.326 e. The highest BCUT2D eigenvalue weighted by Gasteiger charge is 2.31. The molecule has 14 heteroatoms. The summed E-state index contributed by atoms with van der Waals surface area (Å²) < 4.78 is 0. The largest absolute Gasteiger partial charge is 0.480 e. The molecule has 14 nitrogen and oxygen atoms in total. The number of amides is 4. The summed E-state index contributed by atoms with van der Waals surface area (Å²) in [6.07, 6.45) is 4.35. The minimum Gasteiger partial charge on any atom is -0.480 e. The SMILES string of the molecule is CC(C)CC(NC(=O)C(Cc1cnc[nH]1)NC(=O)C(CCC(N)=O)NC(=O)C(N)CCCCN)C(=O)O. The molecule has 0 saturated heterocycles. The van der Waals surface area contributed by atoms with Crippen LogP contribution in [-0.2, 0) is 30.4 Å². The van der Waals surface area contributed by atoms with Gasteiger partial charge in [-0.25, -0.2) is 9.78 Å². The van der Waals surface area contributed by atoms with Gasteiger partial charge in [0.05, 0.1) is 12.4 Å². The van der Waals surface area contributed by atoms with Crippen molar-refractivity contribution >= 4 is 29.6 Å². The van der Waals surface area contributed by atoms with Gasteiger partial charge in [0.2, 0.25) is 23.6 Å². The Morgan fingerprint density at radius 1 is 0.973 bits per heavy atom. The molecule has 0 aromatic carbocycles. The van der Waals surface area contributed by atoms with Gasteiger partial charge in [-0.05, 0) is 38.1 Å². The molecule has 0 radical (unpaired) electrons. The molecule has 1 aromatic heterocycles. The van der Waals surface area contributed by atoms with Crippen molar-refractivity contribution in [3.05, 3.63) is 18.2 Å². The molecule has 208 valence electrons. The number of primary amides is 1. The van der Waals surface area contributed by atoms with Gasteiger partial charge in [-0.1, -0.05) is 20.3 Å². The van der Waals surface area contributed by atoms with E-state index in [2.05, 4.69) is 25.9 Å². The molecule has 37 heavy (non-hydrogen) atoms. The van der Waals surface area contributed by atoms with Crippen LogP contribution in [0.3, 0.4) is 0 Å². The van der Waals surface area contributed by atoms with Crippen molar-refractivity contribution < 1.29 is 29.1 Å². The zero-order valence-corrected chi connectivity index (χ0v) is 21.4. The van der Waals surface area contributed by atoms with Crippen molar-refractivity contribution in [2.75, 3.05) is 6.54 Å². The van der Waals surface area contributed by atoms with Gasteiger partial charge in [-0.2, -0.15) is 0 Å². The van der Waals surface area contributed by atoms with Crippen molar-refractivity contribution in [2.24, 2.45) is 23.1 Å². The summed E-state index contributed by atoms with van der Waals surface area (Å²) in [6, 6.07) is -4.46. The van der Waals surface area contributed by atoms with E-state index in [-0.39, 0.29) is 31.6 Å². The van der Waals surface area contributed by atoms with Crippen LogP contribution in [0.15, 0.2) is 12.5 Å². The molecular weight excluding hydrogens is 484 g/mol. The first-order chi connectivity index (χ1) is 17.4. The molecule has 0 fully saturated rings. The second-order valence-electron chi connectivity index (χ2n) is 9.33. The van der Waals surface area contributed by atoms with Gasteiger partial charge in [0.1, 0.15) is 18.1 Å². The lowest BCUT2D eigenvalue weighted by Gasteiger charge is -2.25. The molecule has 0 aliphatic rings. The second-order valence-corrected chi connectivity index (χ2v) is 9.33. The number of carboxylic acids is 1. The Balaban J connectivity index is 3.04. The van der Waals surface area contributed by atoms with E-state index < -0.39 is 53.8 Å².